The Balaban J connectivity index is 1.66. The van der Waals surface area contributed by atoms with E-state index in [1.807, 2.05) is 4.90 Å². The zero-order valence-electron chi connectivity index (χ0n) is 10.5. The maximum Gasteiger partial charge on any atom is 0.274 e. The molecule has 96 valence electrons. The van der Waals surface area contributed by atoms with Gasteiger partial charge in [0.25, 0.3) is 5.91 Å². The van der Waals surface area contributed by atoms with Crippen LogP contribution >= 0.6 is 0 Å². The van der Waals surface area contributed by atoms with Crippen molar-refractivity contribution < 1.29 is 9.53 Å². The molecule has 2 aliphatic rings. The van der Waals surface area contributed by atoms with E-state index >= 15 is 0 Å². The first-order valence-electron chi connectivity index (χ1n) is 6.37. The summed E-state index contributed by atoms with van der Waals surface area (Å²) < 4.78 is 5.40. The van der Waals surface area contributed by atoms with Gasteiger partial charge in [-0.2, -0.15) is 5.10 Å². The monoisotopic (exact) mass is 247 g/mol. The van der Waals surface area contributed by atoms with Crippen LogP contribution in [0.5, 0.6) is 0 Å². The molecule has 0 bridgehead atoms. The number of ether oxygens (including phenoxy) is 1. The minimum absolute atomic E-state index is 0.00599. The predicted octanol–water partition coefficient (Wildman–Crippen LogP) is 0.974. The van der Waals surface area contributed by atoms with Gasteiger partial charge in [0.2, 0.25) is 0 Å². The largest absolute Gasteiger partial charge is 0.381 e. The molecule has 1 aliphatic heterocycles. The summed E-state index contributed by atoms with van der Waals surface area (Å²) in [6.45, 7) is 1.67. The van der Waals surface area contributed by atoms with Crippen LogP contribution in [-0.4, -0.2) is 47.3 Å². The second kappa shape index (κ2) is 4.65. The standard InChI is InChI=1S/C13H17N3O2/c1-18-11-5-9-7-16(8-10(9)6-11)13(17)12-3-2-4-14-15-12/h2-4,9-11H,5-8H2,1H3/t9-,10+,11?. The van der Waals surface area contributed by atoms with E-state index in [0.717, 1.165) is 25.9 Å². The lowest BCUT2D eigenvalue weighted by Crippen LogP contribution is -2.31. The highest BCUT2D eigenvalue weighted by Crippen LogP contribution is 2.39. The molecule has 5 nitrogen and oxygen atoms in total. The molecular formula is C13H17N3O2. The molecule has 2 fully saturated rings. The quantitative estimate of drug-likeness (QED) is 0.781. The van der Waals surface area contributed by atoms with Gasteiger partial charge in [0.1, 0.15) is 0 Å². The number of aromatic nitrogens is 2. The molecule has 18 heavy (non-hydrogen) atoms. The fourth-order valence-electron chi connectivity index (χ4n) is 3.18. The van der Waals surface area contributed by atoms with E-state index in [2.05, 4.69) is 10.2 Å². The Morgan fingerprint density at radius 1 is 1.39 bits per heavy atom. The molecule has 0 spiro atoms. The highest BCUT2D eigenvalue weighted by molar-refractivity contribution is 5.92. The van der Waals surface area contributed by atoms with Crippen molar-refractivity contribution in [1.29, 1.82) is 0 Å². The molecule has 5 heteroatoms. The molecule has 1 amide bonds. The van der Waals surface area contributed by atoms with Crippen LogP contribution in [0.15, 0.2) is 18.3 Å². The first-order valence-corrected chi connectivity index (χ1v) is 6.37. The van der Waals surface area contributed by atoms with Crippen molar-refractivity contribution in [3.63, 3.8) is 0 Å². The number of carbonyl (C=O) groups excluding carboxylic acids is 1. The van der Waals surface area contributed by atoms with E-state index in [-0.39, 0.29) is 5.91 Å². The highest BCUT2D eigenvalue weighted by atomic mass is 16.5. The number of nitrogens with zero attached hydrogens (tertiary/aromatic N) is 3. The highest BCUT2D eigenvalue weighted by Gasteiger charge is 2.42. The van der Waals surface area contributed by atoms with Crippen molar-refractivity contribution in [2.24, 2.45) is 11.8 Å². The van der Waals surface area contributed by atoms with E-state index < -0.39 is 0 Å². The maximum absolute atomic E-state index is 12.2. The van der Waals surface area contributed by atoms with Crippen LogP contribution in [0.1, 0.15) is 23.3 Å². The van der Waals surface area contributed by atoms with Gasteiger partial charge in [0, 0.05) is 26.4 Å². The van der Waals surface area contributed by atoms with Gasteiger partial charge >= 0.3 is 0 Å². The summed E-state index contributed by atoms with van der Waals surface area (Å²) in [4.78, 5) is 14.1. The minimum atomic E-state index is 0.00599. The van der Waals surface area contributed by atoms with Crippen molar-refractivity contribution in [3.05, 3.63) is 24.0 Å². The van der Waals surface area contributed by atoms with Gasteiger partial charge in [0.05, 0.1) is 6.10 Å². The second-order valence-corrected chi connectivity index (χ2v) is 5.17. The van der Waals surface area contributed by atoms with Crippen LogP contribution in [0, 0.1) is 11.8 Å². The van der Waals surface area contributed by atoms with Gasteiger partial charge in [-0.15, -0.1) is 5.10 Å². The Bertz CT molecular complexity index is 423. The number of methoxy groups -OCH3 is 1. The molecule has 1 saturated carbocycles. The molecule has 1 unspecified atom stereocenters. The summed E-state index contributed by atoms with van der Waals surface area (Å²) >= 11 is 0. The molecular weight excluding hydrogens is 230 g/mol. The fraction of sp³-hybridized carbons (Fsp3) is 0.615. The van der Waals surface area contributed by atoms with E-state index in [0.29, 0.717) is 23.6 Å². The predicted molar refractivity (Wildman–Crippen MR) is 64.9 cm³/mol. The third-order valence-electron chi connectivity index (χ3n) is 4.12. The summed E-state index contributed by atoms with van der Waals surface area (Å²) in [6, 6.07) is 3.47. The van der Waals surface area contributed by atoms with Crippen LogP contribution in [0.2, 0.25) is 0 Å². The number of amides is 1. The Morgan fingerprint density at radius 3 is 2.67 bits per heavy atom. The average molecular weight is 247 g/mol. The third-order valence-corrected chi connectivity index (χ3v) is 4.12. The lowest BCUT2D eigenvalue weighted by molar-refractivity contribution is 0.0725. The van der Waals surface area contributed by atoms with Crippen LogP contribution in [0.3, 0.4) is 0 Å². The van der Waals surface area contributed by atoms with Gasteiger partial charge in [-0.3, -0.25) is 4.79 Å². The molecule has 1 aromatic heterocycles. The van der Waals surface area contributed by atoms with Gasteiger partial charge in [-0.25, -0.2) is 0 Å². The van der Waals surface area contributed by atoms with Crippen molar-refractivity contribution in [2.45, 2.75) is 18.9 Å². The van der Waals surface area contributed by atoms with Crippen molar-refractivity contribution in [2.75, 3.05) is 20.2 Å². The third kappa shape index (κ3) is 1.99. The van der Waals surface area contributed by atoms with E-state index in [9.17, 15) is 4.79 Å². The van der Waals surface area contributed by atoms with Crippen molar-refractivity contribution in [1.82, 2.24) is 15.1 Å². The van der Waals surface area contributed by atoms with Crippen molar-refractivity contribution >= 4 is 5.91 Å². The number of carbonyl (C=O) groups is 1. The van der Waals surface area contributed by atoms with Gasteiger partial charge in [-0.05, 0) is 36.8 Å². The van der Waals surface area contributed by atoms with E-state index in [4.69, 9.17) is 4.74 Å². The lowest BCUT2D eigenvalue weighted by Gasteiger charge is -2.18. The number of rotatable bonds is 2. The Kier molecular flexibility index (Phi) is 2.99. The SMILES string of the molecule is COC1C[C@@H]2CN(C(=O)c3cccnn3)C[C@@H]2C1. The van der Waals surface area contributed by atoms with E-state index in [1.165, 1.54) is 0 Å². The summed E-state index contributed by atoms with van der Waals surface area (Å²) in [5.74, 6) is 1.19. The number of hydrogen-bond acceptors (Lipinski definition) is 4. The number of hydrogen-bond donors (Lipinski definition) is 0. The molecule has 1 aromatic rings. The van der Waals surface area contributed by atoms with Crippen LogP contribution < -0.4 is 0 Å². The lowest BCUT2D eigenvalue weighted by atomic mass is 10.0. The first kappa shape index (κ1) is 11.6. The molecule has 0 N–H and O–H groups in total. The van der Waals surface area contributed by atoms with Crippen molar-refractivity contribution in [3.8, 4) is 0 Å². The first-order chi connectivity index (χ1) is 8.78. The summed E-state index contributed by atoms with van der Waals surface area (Å²) in [5.41, 5.74) is 0.445. The number of fused-ring (bicyclic) bond motifs is 1. The molecule has 1 aliphatic carbocycles. The molecule has 0 aromatic carbocycles. The topological polar surface area (TPSA) is 55.3 Å². The van der Waals surface area contributed by atoms with E-state index in [1.54, 1.807) is 25.4 Å². The molecule has 1 saturated heterocycles. The molecule has 3 atom stereocenters. The zero-order valence-corrected chi connectivity index (χ0v) is 10.5. The maximum atomic E-state index is 12.2. The molecule has 2 heterocycles. The Hall–Kier alpha value is -1.49. The minimum Gasteiger partial charge on any atom is -0.381 e. The summed E-state index contributed by atoms with van der Waals surface area (Å²) in [5, 5.41) is 7.64. The second-order valence-electron chi connectivity index (χ2n) is 5.17. The Labute approximate surface area is 106 Å². The fourth-order valence-corrected chi connectivity index (χ4v) is 3.18. The van der Waals surface area contributed by atoms with Crippen LogP contribution in [0.4, 0.5) is 0 Å². The smallest absolute Gasteiger partial charge is 0.274 e. The van der Waals surface area contributed by atoms with Gasteiger partial charge in [-0.1, -0.05) is 0 Å². The molecule has 3 rings (SSSR count). The Morgan fingerprint density at radius 2 is 2.11 bits per heavy atom. The normalized spacial score (nSPS) is 30.5. The van der Waals surface area contributed by atoms with Crippen LogP contribution in [-0.2, 0) is 4.74 Å². The average Bonchev–Trinajstić information content (AvgIpc) is 2.96. The number of likely N-dealkylation sites (tertiary alicyclic amines) is 1. The summed E-state index contributed by atoms with van der Waals surface area (Å²) in [6.07, 6.45) is 4.11. The summed E-state index contributed by atoms with van der Waals surface area (Å²) in [7, 11) is 1.77. The molecule has 0 radical (unpaired) electrons. The van der Waals surface area contributed by atoms with Gasteiger partial charge in [0.15, 0.2) is 5.69 Å². The zero-order chi connectivity index (χ0) is 12.5. The van der Waals surface area contributed by atoms with Crippen LogP contribution in [0.25, 0.3) is 0 Å². The van der Waals surface area contributed by atoms with Gasteiger partial charge < -0.3 is 9.64 Å².